The number of likely N-dealkylation sites (tertiary alicyclic amines) is 1. The van der Waals surface area contributed by atoms with Gasteiger partial charge >= 0.3 is 0 Å². The van der Waals surface area contributed by atoms with Crippen LogP contribution in [0.15, 0.2) is 0 Å². The van der Waals surface area contributed by atoms with Gasteiger partial charge in [0.15, 0.2) is 0 Å². The molecule has 2 fully saturated rings. The third kappa shape index (κ3) is 3.94. The molecule has 0 bridgehead atoms. The van der Waals surface area contributed by atoms with Crippen molar-refractivity contribution >= 4 is 0 Å². The lowest BCUT2D eigenvalue weighted by Crippen LogP contribution is -2.42. The van der Waals surface area contributed by atoms with Crippen LogP contribution in [0, 0.1) is 11.8 Å². The average Bonchev–Trinajstić information content (AvgIpc) is 2.79. The third-order valence-corrected chi connectivity index (χ3v) is 4.70. The number of rotatable bonds is 5. The van der Waals surface area contributed by atoms with E-state index in [0.29, 0.717) is 12.2 Å². The normalized spacial score (nSPS) is 38.2. The van der Waals surface area contributed by atoms with Crippen molar-refractivity contribution in [2.24, 2.45) is 11.8 Å². The van der Waals surface area contributed by atoms with Crippen LogP contribution in [-0.4, -0.2) is 49.8 Å². The smallest absolute Gasteiger partial charge is 0.0707 e. The lowest BCUT2D eigenvalue weighted by molar-refractivity contribution is 0.0110. The van der Waals surface area contributed by atoms with E-state index in [1.807, 2.05) is 0 Å². The van der Waals surface area contributed by atoms with Gasteiger partial charge in [-0.25, -0.2) is 0 Å². The highest BCUT2D eigenvalue weighted by atomic mass is 16.5. The summed E-state index contributed by atoms with van der Waals surface area (Å²) in [5.74, 6) is 1.74. The minimum atomic E-state index is 0.455. The van der Waals surface area contributed by atoms with E-state index in [4.69, 9.17) is 4.74 Å². The summed E-state index contributed by atoms with van der Waals surface area (Å²) in [6, 6.07) is 0. The number of piperidine rings is 1. The fourth-order valence-corrected chi connectivity index (χ4v) is 3.17. The second-order valence-electron chi connectivity index (χ2n) is 6.27. The van der Waals surface area contributed by atoms with Crippen LogP contribution in [-0.2, 0) is 4.74 Å². The maximum atomic E-state index is 6.12. The predicted octanol–water partition coefficient (Wildman–Crippen LogP) is 2.12. The minimum absolute atomic E-state index is 0.455. The molecule has 0 spiro atoms. The van der Waals surface area contributed by atoms with Gasteiger partial charge in [0.05, 0.1) is 12.2 Å². The molecular formula is C15H30N2O. The molecule has 4 atom stereocenters. The highest BCUT2D eigenvalue weighted by Gasteiger charge is 2.29. The van der Waals surface area contributed by atoms with Crippen LogP contribution in [0.1, 0.15) is 40.0 Å². The summed E-state index contributed by atoms with van der Waals surface area (Å²) in [5, 5.41) is 3.39. The summed E-state index contributed by atoms with van der Waals surface area (Å²) in [4.78, 5) is 2.62. The fourth-order valence-electron chi connectivity index (χ4n) is 3.17. The maximum Gasteiger partial charge on any atom is 0.0707 e. The Bertz CT molecular complexity index is 247. The lowest BCUT2D eigenvalue weighted by Gasteiger charge is -2.36. The third-order valence-electron chi connectivity index (χ3n) is 4.70. The second kappa shape index (κ2) is 6.88. The Morgan fingerprint density at radius 1 is 1.11 bits per heavy atom. The molecule has 3 nitrogen and oxygen atoms in total. The van der Waals surface area contributed by atoms with E-state index in [0.717, 1.165) is 31.5 Å². The van der Waals surface area contributed by atoms with Gasteiger partial charge in [-0.3, -0.25) is 0 Å². The van der Waals surface area contributed by atoms with E-state index in [1.54, 1.807) is 0 Å². The monoisotopic (exact) mass is 254 g/mol. The average molecular weight is 254 g/mol. The van der Waals surface area contributed by atoms with Crippen molar-refractivity contribution < 1.29 is 4.74 Å². The molecule has 2 heterocycles. The molecule has 0 radical (unpaired) electrons. The van der Waals surface area contributed by atoms with E-state index in [-0.39, 0.29) is 0 Å². The largest absolute Gasteiger partial charge is 0.372 e. The van der Waals surface area contributed by atoms with E-state index >= 15 is 0 Å². The van der Waals surface area contributed by atoms with Crippen molar-refractivity contribution in [2.45, 2.75) is 52.2 Å². The van der Waals surface area contributed by atoms with Gasteiger partial charge in [-0.15, -0.1) is 0 Å². The molecule has 0 aromatic heterocycles. The van der Waals surface area contributed by atoms with Crippen LogP contribution in [0.4, 0.5) is 0 Å². The Labute approximate surface area is 112 Å². The number of hydrogen-bond acceptors (Lipinski definition) is 3. The van der Waals surface area contributed by atoms with Crippen molar-refractivity contribution in [3.05, 3.63) is 0 Å². The van der Waals surface area contributed by atoms with Gasteiger partial charge in [0.2, 0.25) is 0 Å². The summed E-state index contributed by atoms with van der Waals surface area (Å²) < 4.78 is 6.12. The first-order valence-corrected chi connectivity index (χ1v) is 7.77. The molecule has 18 heavy (non-hydrogen) atoms. The van der Waals surface area contributed by atoms with E-state index in [1.165, 1.54) is 32.4 Å². The highest BCUT2D eigenvalue weighted by Crippen LogP contribution is 2.25. The first-order chi connectivity index (χ1) is 8.69. The molecule has 0 saturated carbocycles. The van der Waals surface area contributed by atoms with E-state index in [2.05, 4.69) is 31.0 Å². The number of hydrogen-bond donors (Lipinski definition) is 1. The molecule has 0 amide bonds. The van der Waals surface area contributed by atoms with Crippen LogP contribution in [0.3, 0.4) is 0 Å². The highest BCUT2D eigenvalue weighted by molar-refractivity contribution is 4.81. The number of nitrogens with zero attached hydrogens (tertiary/aromatic N) is 1. The Balaban J connectivity index is 1.68. The molecule has 0 aromatic rings. The number of ether oxygens (including phenoxy) is 1. The van der Waals surface area contributed by atoms with Crippen molar-refractivity contribution in [3.8, 4) is 0 Å². The fraction of sp³-hybridized carbons (Fsp3) is 1.00. The molecule has 3 heteroatoms. The van der Waals surface area contributed by atoms with E-state index in [9.17, 15) is 0 Å². The quantitative estimate of drug-likeness (QED) is 0.813. The molecule has 2 aliphatic rings. The Hall–Kier alpha value is -0.120. The number of likely N-dealkylation sites (N-methyl/N-ethyl adjacent to an activating group) is 1. The molecule has 0 aliphatic carbocycles. The Kier molecular flexibility index (Phi) is 5.46. The molecule has 2 saturated heterocycles. The van der Waals surface area contributed by atoms with Crippen LogP contribution in [0.25, 0.3) is 0 Å². The van der Waals surface area contributed by atoms with Gasteiger partial charge in [-0.1, -0.05) is 20.8 Å². The molecule has 0 aromatic carbocycles. The summed E-state index contributed by atoms with van der Waals surface area (Å²) in [7, 11) is 0. The Morgan fingerprint density at radius 3 is 2.61 bits per heavy atom. The van der Waals surface area contributed by atoms with Crippen molar-refractivity contribution in [2.75, 3.05) is 32.7 Å². The topological polar surface area (TPSA) is 24.5 Å². The molecule has 106 valence electrons. The molecular weight excluding hydrogens is 224 g/mol. The van der Waals surface area contributed by atoms with Crippen LogP contribution >= 0.6 is 0 Å². The minimum Gasteiger partial charge on any atom is -0.372 e. The van der Waals surface area contributed by atoms with Gasteiger partial charge < -0.3 is 15.0 Å². The molecule has 1 N–H and O–H groups in total. The van der Waals surface area contributed by atoms with Crippen molar-refractivity contribution in [1.29, 1.82) is 0 Å². The first kappa shape index (κ1) is 14.3. The maximum absolute atomic E-state index is 6.12. The zero-order valence-corrected chi connectivity index (χ0v) is 12.3. The molecule has 2 rings (SSSR count). The predicted molar refractivity (Wildman–Crippen MR) is 75.8 cm³/mol. The van der Waals surface area contributed by atoms with Gasteiger partial charge in [-0.05, 0) is 44.2 Å². The summed E-state index contributed by atoms with van der Waals surface area (Å²) in [5.41, 5.74) is 0. The van der Waals surface area contributed by atoms with Crippen LogP contribution in [0.5, 0.6) is 0 Å². The zero-order valence-electron chi connectivity index (χ0n) is 12.3. The van der Waals surface area contributed by atoms with Gasteiger partial charge in [0, 0.05) is 19.6 Å². The van der Waals surface area contributed by atoms with Gasteiger partial charge in [-0.2, -0.15) is 0 Å². The number of nitrogens with one attached hydrogen (secondary N) is 1. The summed E-state index contributed by atoms with van der Waals surface area (Å²) >= 11 is 0. The lowest BCUT2D eigenvalue weighted by atomic mass is 9.88. The standard InChI is InChI=1S/C15H30N2O/c1-4-16-9-14-5-6-15(18-14)11-17-8-7-12(2)13(3)10-17/h12-16H,4-11H2,1-3H3. The van der Waals surface area contributed by atoms with E-state index < -0.39 is 0 Å². The SMILES string of the molecule is CCNCC1CCC(CN2CCC(C)C(C)C2)O1. The Morgan fingerprint density at radius 2 is 1.89 bits per heavy atom. The summed E-state index contributed by atoms with van der Waals surface area (Å²) in [6.07, 6.45) is 4.77. The van der Waals surface area contributed by atoms with Gasteiger partial charge in [0.25, 0.3) is 0 Å². The summed E-state index contributed by atoms with van der Waals surface area (Å²) in [6.45, 7) is 12.7. The molecule has 4 unspecified atom stereocenters. The van der Waals surface area contributed by atoms with Crippen LogP contribution < -0.4 is 5.32 Å². The zero-order chi connectivity index (χ0) is 13.0. The van der Waals surface area contributed by atoms with Gasteiger partial charge in [0.1, 0.15) is 0 Å². The van der Waals surface area contributed by atoms with Crippen molar-refractivity contribution in [1.82, 2.24) is 10.2 Å². The van der Waals surface area contributed by atoms with Crippen LogP contribution in [0.2, 0.25) is 0 Å². The second-order valence-corrected chi connectivity index (χ2v) is 6.27. The molecule has 2 aliphatic heterocycles. The first-order valence-electron chi connectivity index (χ1n) is 7.77. The van der Waals surface area contributed by atoms with Crippen molar-refractivity contribution in [3.63, 3.8) is 0 Å².